The Kier molecular flexibility index (Phi) is 5.50. The summed E-state index contributed by atoms with van der Waals surface area (Å²) in [6.07, 6.45) is 0.515. The van der Waals surface area contributed by atoms with E-state index in [1.54, 1.807) is 6.92 Å². The Morgan fingerprint density at radius 2 is 2.08 bits per heavy atom. The third-order valence-corrected chi connectivity index (χ3v) is 5.34. The van der Waals surface area contributed by atoms with Gasteiger partial charge in [-0.2, -0.15) is 0 Å². The van der Waals surface area contributed by atoms with Crippen molar-refractivity contribution in [3.8, 4) is 0 Å². The SMILES string of the molecule is CC1=C(C(=O)O)N2C(=O)C(NC(=O)CCCC(N)C(=O)O)[C@H]2SC1. The van der Waals surface area contributed by atoms with Crippen molar-refractivity contribution in [3.63, 3.8) is 0 Å². The fourth-order valence-corrected chi connectivity index (χ4v) is 3.92. The number of β-lactam (4-membered cyclic amide) rings is 1. The standard InChI is InChI=1S/C14H19N3O6S/c1-6-5-24-12-9(11(19)17(12)10(6)14(22)23)16-8(18)4-2-3-7(15)13(20)21/h7,9,12H,2-5,15H2,1H3,(H,16,18)(H,20,21)(H,22,23)/t7?,9?,12-/m1/s1. The number of nitrogens with zero attached hydrogens (tertiary/aromatic N) is 1. The molecule has 0 radical (unpaired) electrons. The minimum atomic E-state index is -1.15. The minimum Gasteiger partial charge on any atom is -0.480 e. The van der Waals surface area contributed by atoms with Gasteiger partial charge in [0.2, 0.25) is 5.91 Å². The highest BCUT2D eigenvalue weighted by Crippen LogP contribution is 2.40. The molecular weight excluding hydrogens is 338 g/mol. The van der Waals surface area contributed by atoms with Crippen molar-refractivity contribution in [3.05, 3.63) is 11.3 Å². The van der Waals surface area contributed by atoms with E-state index in [1.807, 2.05) is 0 Å². The van der Waals surface area contributed by atoms with Crippen molar-refractivity contribution in [2.75, 3.05) is 5.75 Å². The summed E-state index contributed by atoms with van der Waals surface area (Å²) in [4.78, 5) is 47.1. The third-order valence-electron chi connectivity index (χ3n) is 3.91. The molecule has 0 aromatic heterocycles. The Morgan fingerprint density at radius 1 is 1.42 bits per heavy atom. The third kappa shape index (κ3) is 3.54. The first-order valence-electron chi connectivity index (χ1n) is 7.39. The molecule has 2 unspecified atom stereocenters. The largest absolute Gasteiger partial charge is 0.480 e. The van der Waals surface area contributed by atoms with Gasteiger partial charge < -0.3 is 21.3 Å². The van der Waals surface area contributed by atoms with Crippen molar-refractivity contribution < 1.29 is 29.4 Å². The van der Waals surface area contributed by atoms with Gasteiger partial charge in [0.25, 0.3) is 5.91 Å². The van der Waals surface area contributed by atoms with Crippen LogP contribution in [-0.4, -0.2) is 62.1 Å². The van der Waals surface area contributed by atoms with E-state index in [0.29, 0.717) is 17.7 Å². The van der Waals surface area contributed by atoms with E-state index in [-0.39, 0.29) is 24.4 Å². The van der Waals surface area contributed by atoms with Crippen molar-refractivity contribution in [2.45, 2.75) is 43.6 Å². The maximum Gasteiger partial charge on any atom is 0.352 e. The van der Waals surface area contributed by atoms with Gasteiger partial charge in [0, 0.05) is 12.2 Å². The Labute approximate surface area is 142 Å². The van der Waals surface area contributed by atoms with Gasteiger partial charge in [0.15, 0.2) is 0 Å². The number of hydrogen-bond acceptors (Lipinski definition) is 6. The van der Waals surface area contributed by atoms with Crippen LogP contribution in [0.5, 0.6) is 0 Å². The molecule has 132 valence electrons. The predicted octanol–water partition coefficient (Wildman–Crippen LogP) is -0.673. The van der Waals surface area contributed by atoms with E-state index in [9.17, 15) is 24.3 Å². The number of carboxylic acids is 2. The van der Waals surface area contributed by atoms with E-state index >= 15 is 0 Å². The number of carbonyl (C=O) groups excluding carboxylic acids is 2. The smallest absolute Gasteiger partial charge is 0.352 e. The molecule has 2 aliphatic heterocycles. The second-order valence-electron chi connectivity index (χ2n) is 5.73. The average molecular weight is 357 g/mol. The van der Waals surface area contributed by atoms with Crippen LogP contribution in [0.1, 0.15) is 26.2 Å². The molecule has 0 saturated carbocycles. The maximum atomic E-state index is 12.2. The first-order chi connectivity index (χ1) is 11.2. The van der Waals surface area contributed by atoms with Crippen LogP contribution in [-0.2, 0) is 19.2 Å². The van der Waals surface area contributed by atoms with Crippen molar-refractivity contribution in [1.29, 1.82) is 0 Å². The van der Waals surface area contributed by atoms with Crippen molar-refractivity contribution in [1.82, 2.24) is 10.2 Å². The van der Waals surface area contributed by atoms with Crippen LogP contribution in [0.25, 0.3) is 0 Å². The average Bonchev–Trinajstić information content (AvgIpc) is 2.51. The molecule has 2 rings (SSSR count). The number of amides is 2. The van der Waals surface area contributed by atoms with Crippen LogP contribution in [0.15, 0.2) is 11.3 Å². The molecule has 0 aromatic rings. The summed E-state index contributed by atoms with van der Waals surface area (Å²) in [7, 11) is 0. The molecule has 9 nitrogen and oxygen atoms in total. The molecule has 3 atom stereocenters. The summed E-state index contributed by atoms with van der Waals surface area (Å²) < 4.78 is 0. The van der Waals surface area contributed by atoms with E-state index < -0.39 is 35.3 Å². The highest BCUT2D eigenvalue weighted by molar-refractivity contribution is 8.00. The van der Waals surface area contributed by atoms with Crippen LogP contribution in [0.2, 0.25) is 0 Å². The first kappa shape index (κ1) is 18.3. The molecule has 0 aliphatic carbocycles. The van der Waals surface area contributed by atoms with Crippen LogP contribution in [0, 0.1) is 0 Å². The molecule has 24 heavy (non-hydrogen) atoms. The summed E-state index contributed by atoms with van der Waals surface area (Å²) >= 11 is 1.40. The highest BCUT2D eigenvalue weighted by Gasteiger charge is 2.53. The number of nitrogens with two attached hydrogens (primary N) is 1. The zero-order valence-electron chi connectivity index (χ0n) is 13.0. The van der Waals surface area contributed by atoms with Gasteiger partial charge in [0.1, 0.15) is 23.2 Å². The molecule has 2 aliphatic rings. The molecule has 10 heteroatoms. The van der Waals surface area contributed by atoms with Crippen molar-refractivity contribution >= 4 is 35.5 Å². The number of carboxylic acid groups (broad SMARTS) is 2. The number of nitrogens with one attached hydrogen (secondary N) is 1. The number of carbonyl (C=O) groups is 4. The Hall–Kier alpha value is -2.07. The lowest BCUT2D eigenvalue weighted by atomic mass is 10.0. The minimum absolute atomic E-state index is 0.0123. The van der Waals surface area contributed by atoms with Gasteiger partial charge in [-0.3, -0.25) is 19.3 Å². The van der Waals surface area contributed by atoms with Gasteiger partial charge >= 0.3 is 11.9 Å². The molecular formula is C14H19N3O6S. The Bertz CT molecular complexity index is 620. The van der Waals surface area contributed by atoms with Gasteiger partial charge in [-0.15, -0.1) is 11.8 Å². The summed E-state index contributed by atoms with van der Waals surface area (Å²) in [6, 6.07) is -1.77. The quantitative estimate of drug-likeness (QED) is 0.438. The topological polar surface area (TPSA) is 150 Å². The molecule has 2 heterocycles. The number of fused-ring (bicyclic) bond motifs is 1. The van der Waals surface area contributed by atoms with Gasteiger partial charge in [0.05, 0.1) is 0 Å². The zero-order chi connectivity index (χ0) is 18.0. The molecule has 0 spiro atoms. The predicted molar refractivity (Wildman–Crippen MR) is 84.8 cm³/mol. The monoisotopic (exact) mass is 357 g/mol. The van der Waals surface area contributed by atoms with Gasteiger partial charge in [-0.05, 0) is 25.3 Å². The van der Waals surface area contributed by atoms with E-state index in [0.717, 1.165) is 0 Å². The molecule has 1 saturated heterocycles. The normalized spacial score (nSPS) is 24.1. The number of rotatable bonds is 7. The fraction of sp³-hybridized carbons (Fsp3) is 0.571. The van der Waals surface area contributed by atoms with Crippen LogP contribution in [0.4, 0.5) is 0 Å². The van der Waals surface area contributed by atoms with Gasteiger partial charge in [-0.1, -0.05) is 0 Å². The van der Waals surface area contributed by atoms with Crippen LogP contribution < -0.4 is 11.1 Å². The number of aliphatic carboxylic acids is 2. The van der Waals surface area contributed by atoms with Crippen LogP contribution >= 0.6 is 11.8 Å². The number of hydrogen-bond donors (Lipinski definition) is 4. The molecule has 2 amide bonds. The van der Waals surface area contributed by atoms with Gasteiger partial charge in [-0.25, -0.2) is 4.79 Å². The second kappa shape index (κ2) is 7.22. The molecule has 1 fully saturated rings. The summed E-state index contributed by atoms with van der Waals surface area (Å²) in [5.41, 5.74) is 5.95. The summed E-state index contributed by atoms with van der Waals surface area (Å²) in [5, 5.41) is 20.1. The summed E-state index contributed by atoms with van der Waals surface area (Å²) in [6.45, 7) is 1.66. The Balaban J connectivity index is 1.88. The van der Waals surface area contributed by atoms with E-state index in [2.05, 4.69) is 5.32 Å². The Morgan fingerprint density at radius 3 is 2.67 bits per heavy atom. The summed E-state index contributed by atoms with van der Waals surface area (Å²) in [5.74, 6) is -2.62. The van der Waals surface area contributed by atoms with E-state index in [1.165, 1.54) is 16.7 Å². The first-order valence-corrected chi connectivity index (χ1v) is 8.44. The molecule has 5 N–H and O–H groups in total. The fourth-order valence-electron chi connectivity index (χ4n) is 2.63. The lowest BCUT2D eigenvalue weighted by Gasteiger charge is -2.49. The maximum absolute atomic E-state index is 12.2. The highest BCUT2D eigenvalue weighted by atomic mass is 32.2. The lowest BCUT2D eigenvalue weighted by Crippen LogP contribution is -2.70. The molecule has 0 bridgehead atoms. The second-order valence-corrected chi connectivity index (χ2v) is 6.83. The van der Waals surface area contributed by atoms with Crippen LogP contribution in [0.3, 0.4) is 0 Å². The lowest BCUT2D eigenvalue weighted by molar-refractivity contribution is -0.150. The van der Waals surface area contributed by atoms with E-state index in [4.69, 9.17) is 10.8 Å². The molecule has 0 aromatic carbocycles. The zero-order valence-corrected chi connectivity index (χ0v) is 13.8. The number of thioether (sulfide) groups is 1. The van der Waals surface area contributed by atoms with Crippen molar-refractivity contribution in [2.24, 2.45) is 5.73 Å².